The summed E-state index contributed by atoms with van der Waals surface area (Å²) in [6, 6.07) is 12.9. The van der Waals surface area contributed by atoms with Gasteiger partial charge in [0, 0.05) is 37.8 Å². The van der Waals surface area contributed by atoms with E-state index in [0.717, 1.165) is 98.3 Å². The number of hydrogen-bond donors (Lipinski definition) is 0. The Hall–Kier alpha value is -3.13. The number of aromatic nitrogens is 2. The Morgan fingerprint density at radius 1 is 1.14 bits per heavy atom. The van der Waals surface area contributed by atoms with E-state index in [1.54, 1.807) is 0 Å². The molecule has 0 radical (unpaired) electrons. The van der Waals surface area contributed by atoms with Gasteiger partial charge in [0.05, 0.1) is 47.9 Å². The zero-order valence-corrected chi connectivity index (χ0v) is 25.9. The zero-order valence-electron chi connectivity index (χ0n) is 25.2. The third kappa shape index (κ3) is 5.75. The largest absolute Gasteiger partial charge is 0.493 e. The Labute approximate surface area is 259 Å². The molecule has 0 amide bonds. The van der Waals surface area contributed by atoms with Gasteiger partial charge in [-0.05, 0) is 86.2 Å². The van der Waals surface area contributed by atoms with Crippen LogP contribution in [-0.4, -0.2) is 70.6 Å². The number of ether oxygens (including phenoxy) is 2. The molecule has 4 aliphatic heterocycles. The summed E-state index contributed by atoms with van der Waals surface area (Å²) in [4.78, 5) is 22.3. The standard InChI is InChI=1S/C35H41ClN4O3/c1-3-33(41)24-7-9-30-32(18-24)40(20-27-13-16-42-27)35(37-30)21-39-14-11-23(12-15-39)28-5-4-6-34-29(28)17-25(22-43-34)31-10-8-26(36)19-38(31)2/h4-10,18-19,23,25,27,31H,3,11-17,20-22H2,1-2H3. The fourth-order valence-electron chi connectivity index (χ4n) is 7.30. The monoisotopic (exact) mass is 600 g/mol. The molecule has 2 aromatic carbocycles. The van der Waals surface area contributed by atoms with E-state index in [4.69, 9.17) is 26.1 Å². The highest BCUT2D eigenvalue weighted by Crippen LogP contribution is 2.40. The average molecular weight is 601 g/mol. The molecular formula is C35H41ClN4O3. The van der Waals surface area contributed by atoms with Crippen LogP contribution in [0.15, 0.2) is 59.8 Å². The first-order valence-corrected chi connectivity index (χ1v) is 16.2. The van der Waals surface area contributed by atoms with Crippen molar-refractivity contribution in [2.24, 2.45) is 5.92 Å². The van der Waals surface area contributed by atoms with E-state index in [1.807, 2.05) is 37.4 Å². The van der Waals surface area contributed by atoms with Crippen molar-refractivity contribution in [2.45, 2.75) is 70.2 Å². The third-order valence-corrected chi connectivity index (χ3v) is 10.1. The Balaban J connectivity index is 1.06. The summed E-state index contributed by atoms with van der Waals surface area (Å²) < 4.78 is 14.5. The number of rotatable bonds is 8. The highest BCUT2D eigenvalue weighted by molar-refractivity contribution is 6.31. The van der Waals surface area contributed by atoms with Gasteiger partial charge in [-0.2, -0.15) is 0 Å². The van der Waals surface area contributed by atoms with Crippen LogP contribution in [0, 0.1) is 5.92 Å². The van der Waals surface area contributed by atoms with Gasteiger partial charge < -0.3 is 18.9 Å². The number of likely N-dealkylation sites (tertiary alicyclic amines) is 1. The first-order chi connectivity index (χ1) is 21.0. The smallest absolute Gasteiger partial charge is 0.162 e. The molecule has 43 heavy (non-hydrogen) atoms. The fourth-order valence-corrected chi connectivity index (χ4v) is 7.53. The van der Waals surface area contributed by atoms with E-state index in [9.17, 15) is 4.79 Å². The number of halogens is 1. The lowest BCUT2D eigenvalue weighted by Crippen LogP contribution is -2.40. The predicted octanol–water partition coefficient (Wildman–Crippen LogP) is 6.30. The van der Waals surface area contributed by atoms with E-state index >= 15 is 0 Å². The van der Waals surface area contributed by atoms with Crippen molar-refractivity contribution < 1.29 is 14.3 Å². The number of nitrogens with zero attached hydrogens (tertiary/aromatic N) is 4. The van der Waals surface area contributed by atoms with Gasteiger partial charge >= 0.3 is 0 Å². The van der Waals surface area contributed by atoms with E-state index in [2.05, 4.69) is 45.7 Å². The topological polar surface area (TPSA) is 59.8 Å². The van der Waals surface area contributed by atoms with Crippen LogP contribution < -0.4 is 4.74 Å². The number of fused-ring (bicyclic) bond motifs is 2. The molecule has 0 bridgehead atoms. The maximum atomic E-state index is 12.5. The molecule has 0 N–H and O–H groups in total. The SMILES string of the molecule is CCC(=O)c1ccc2nc(CN3CCC(c4cccc5c4CC(C4C=CC(Cl)=CN4C)CO5)CC3)n(CC3CCO3)c2c1. The Morgan fingerprint density at radius 2 is 1.98 bits per heavy atom. The normalized spacial score (nSPS) is 24.4. The van der Waals surface area contributed by atoms with Gasteiger partial charge in [0.15, 0.2) is 5.78 Å². The average Bonchev–Trinajstić information content (AvgIpc) is 3.34. The molecule has 2 fully saturated rings. The minimum Gasteiger partial charge on any atom is -0.493 e. The highest BCUT2D eigenvalue weighted by atomic mass is 35.5. The number of imidazole rings is 1. The van der Waals surface area contributed by atoms with Crippen molar-refractivity contribution >= 4 is 28.4 Å². The maximum Gasteiger partial charge on any atom is 0.162 e. The van der Waals surface area contributed by atoms with Crippen LogP contribution in [0.5, 0.6) is 5.75 Å². The van der Waals surface area contributed by atoms with Crippen LogP contribution in [-0.2, 0) is 24.2 Å². The quantitative estimate of drug-likeness (QED) is 0.283. The van der Waals surface area contributed by atoms with Crippen molar-refractivity contribution in [3.63, 3.8) is 0 Å². The minimum atomic E-state index is 0.168. The van der Waals surface area contributed by atoms with Gasteiger partial charge in [0.1, 0.15) is 11.6 Å². The van der Waals surface area contributed by atoms with Crippen LogP contribution in [0.3, 0.4) is 0 Å². The van der Waals surface area contributed by atoms with Gasteiger partial charge in [-0.3, -0.25) is 9.69 Å². The number of allylic oxidation sites excluding steroid dienone is 2. The van der Waals surface area contributed by atoms with Crippen molar-refractivity contribution in [1.82, 2.24) is 19.4 Å². The molecule has 5 heterocycles. The number of carbonyl (C=O) groups is 1. The summed E-state index contributed by atoms with van der Waals surface area (Å²) in [6.45, 7) is 7.11. The van der Waals surface area contributed by atoms with E-state index in [0.29, 0.717) is 18.3 Å². The molecule has 3 unspecified atom stereocenters. The van der Waals surface area contributed by atoms with Gasteiger partial charge in [-0.25, -0.2) is 4.98 Å². The number of carbonyl (C=O) groups excluding carboxylic acids is 1. The van der Waals surface area contributed by atoms with E-state index in [-0.39, 0.29) is 17.9 Å². The molecule has 0 spiro atoms. The Morgan fingerprint density at radius 3 is 2.72 bits per heavy atom. The number of piperidine rings is 1. The second kappa shape index (κ2) is 12.1. The highest BCUT2D eigenvalue weighted by Gasteiger charge is 2.33. The van der Waals surface area contributed by atoms with Gasteiger partial charge in [-0.1, -0.05) is 36.7 Å². The molecule has 226 valence electrons. The second-order valence-corrected chi connectivity index (χ2v) is 13.0. The molecule has 1 aromatic heterocycles. The molecular weight excluding hydrogens is 560 g/mol. The molecule has 3 aromatic rings. The lowest BCUT2D eigenvalue weighted by molar-refractivity contribution is -0.0592. The number of Topliss-reactive ketones (excluding diaryl/α,β-unsaturated/α-hetero) is 1. The van der Waals surface area contributed by atoms with Crippen molar-refractivity contribution in [3.8, 4) is 5.75 Å². The molecule has 7 nitrogen and oxygen atoms in total. The van der Waals surface area contributed by atoms with Crippen molar-refractivity contribution in [1.29, 1.82) is 0 Å². The lowest BCUT2D eigenvalue weighted by Gasteiger charge is -2.38. The van der Waals surface area contributed by atoms with Crippen molar-refractivity contribution in [3.05, 3.63) is 82.3 Å². The minimum absolute atomic E-state index is 0.168. The Kier molecular flexibility index (Phi) is 8.06. The van der Waals surface area contributed by atoms with Crippen LogP contribution in [0.1, 0.15) is 65.8 Å². The van der Waals surface area contributed by atoms with Crippen molar-refractivity contribution in [2.75, 3.05) is 33.4 Å². The maximum absolute atomic E-state index is 12.5. The number of benzene rings is 2. The van der Waals surface area contributed by atoms with Crippen LogP contribution >= 0.6 is 11.6 Å². The van der Waals surface area contributed by atoms with E-state index < -0.39 is 0 Å². The summed E-state index contributed by atoms with van der Waals surface area (Å²) >= 11 is 6.24. The van der Waals surface area contributed by atoms with Gasteiger partial charge in [0.2, 0.25) is 0 Å². The number of likely N-dealkylation sites (N-methyl/N-ethyl adjacent to an activating group) is 1. The lowest BCUT2D eigenvalue weighted by atomic mass is 9.81. The number of ketones is 1. The summed E-state index contributed by atoms with van der Waals surface area (Å²) in [5.41, 5.74) is 5.61. The Bertz CT molecular complexity index is 1570. The zero-order chi connectivity index (χ0) is 29.5. The van der Waals surface area contributed by atoms with Gasteiger partial charge in [-0.15, -0.1) is 0 Å². The summed E-state index contributed by atoms with van der Waals surface area (Å²) in [6.07, 6.45) is 11.3. The summed E-state index contributed by atoms with van der Waals surface area (Å²) in [5, 5.41) is 0.770. The molecule has 2 saturated heterocycles. The first kappa shape index (κ1) is 28.6. The molecule has 8 heteroatoms. The first-order valence-electron chi connectivity index (χ1n) is 15.8. The van der Waals surface area contributed by atoms with E-state index in [1.165, 1.54) is 11.1 Å². The predicted molar refractivity (Wildman–Crippen MR) is 170 cm³/mol. The number of hydrogen-bond acceptors (Lipinski definition) is 6. The molecule has 0 aliphatic carbocycles. The molecule has 3 atom stereocenters. The molecule has 7 rings (SSSR count). The fraction of sp³-hybridized carbons (Fsp3) is 0.486. The van der Waals surface area contributed by atoms with Crippen LogP contribution in [0.25, 0.3) is 11.0 Å². The third-order valence-electron chi connectivity index (χ3n) is 9.86. The van der Waals surface area contributed by atoms with Gasteiger partial charge in [0.25, 0.3) is 0 Å². The van der Waals surface area contributed by atoms with Crippen LogP contribution in [0.2, 0.25) is 0 Å². The summed E-state index contributed by atoms with van der Waals surface area (Å²) in [7, 11) is 2.10. The van der Waals surface area contributed by atoms with Crippen LogP contribution in [0.4, 0.5) is 0 Å². The second-order valence-electron chi connectivity index (χ2n) is 12.6. The molecule has 4 aliphatic rings. The molecule has 0 saturated carbocycles. The summed E-state index contributed by atoms with van der Waals surface area (Å²) in [5.74, 6) is 3.20.